The van der Waals surface area contributed by atoms with Crippen LogP contribution in [0.15, 0.2) is 58.3 Å². The molecule has 0 aliphatic rings. The van der Waals surface area contributed by atoms with Crippen LogP contribution in [-0.2, 0) is 4.79 Å². The van der Waals surface area contributed by atoms with E-state index in [2.05, 4.69) is 20.5 Å². The number of benzene rings is 1. The van der Waals surface area contributed by atoms with Crippen LogP contribution in [-0.4, -0.2) is 30.9 Å². The molecule has 0 aliphatic heterocycles. The summed E-state index contributed by atoms with van der Waals surface area (Å²) in [5, 5.41) is 12.3. The van der Waals surface area contributed by atoms with Crippen molar-refractivity contribution < 1.29 is 9.21 Å². The topological polar surface area (TPSA) is 85.8 Å². The van der Waals surface area contributed by atoms with Crippen LogP contribution in [0.25, 0.3) is 17.3 Å². The second-order valence-corrected chi connectivity index (χ2v) is 8.88. The van der Waals surface area contributed by atoms with Crippen molar-refractivity contribution in [2.24, 2.45) is 0 Å². The van der Waals surface area contributed by atoms with E-state index in [-0.39, 0.29) is 5.91 Å². The molecule has 9 heteroatoms. The van der Waals surface area contributed by atoms with Gasteiger partial charge in [-0.1, -0.05) is 30.0 Å². The summed E-state index contributed by atoms with van der Waals surface area (Å²) in [5.74, 6) is 1.06. The van der Waals surface area contributed by atoms with Crippen molar-refractivity contribution in [1.29, 1.82) is 0 Å². The van der Waals surface area contributed by atoms with Crippen molar-refractivity contribution in [2.45, 2.75) is 31.2 Å². The molecule has 1 amide bonds. The normalized spacial score (nSPS) is 12.1. The van der Waals surface area contributed by atoms with Gasteiger partial charge in [-0.2, -0.15) is 0 Å². The maximum Gasteiger partial charge on any atom is 0.239 e. The number of hydrogen-bond acceptors (Lipinski definition) is 7. The first-order chi connectivity index (χ1) is 14.0. The van der Waals surface area contributed by atoms with Crippen LogP contribution >= 0.6 is 23.1 Å². The zero-order valence-corrected chi connectivity index (χ0v) is 17.8. The van der Waals surface area contributed by atoms with Crippen LogP contribution in [0.2, 0.25) is 0 Å². The van der Waals surface area contributed by atoms with Gasteiger partial charge >= 0.3 is 0 Å². The van der Waals surface area contributed by atoms with E-state index in [1.165, 1.54) is 23.1 Å². The third-order valence-electron chi connectivity index (χ3n) is 4.30. The standard InChI is InChI=1S/C20H19N5O2S2/c1-12-13(2)28-19(21-12)22-18(26)14(3)29-20-24-23-17(16-10-7-11-27-16)25(20)15-8-5-4-6-9-15/h4-11,14H,1-3H3,(H,21,22,26). The highest BCUT2D eigenvalue weighted by atomic mass is 32.2. The van der Waals surface area contributed by atoms with E-state index in [4.69, 9.17) is 4.42 Å². The van der Waals surface area contributed by atoms with Gasteiger partial charge in [0.2, 0.25) is 11.7 Å². The van der Waals surface area contributed by atoms with Crippen molar-refractivity contribution in [3.05, 3.63) is 59.3 Å². The van der Waals surface area contributed by atoms with Crippen LogP contribution < -0.4 is 5.32 Å². The fourth-order valence-electron chi connectivity index (χ4n) is 2.67. The third kappa shape index (κ3) is 4.10. The number of nitrogens with one attached hydrogen (secondary N) is 1. The van der Waals surface area contributed by atoms with Crippen LogP contribution in [0.5, 0.6) is 0 Å². The number of carbonyl (C=O) groups excluding carboxylic acids is 1. The highest BCUT2D eigenvalue weighted by Crippen LogP contribution is 2.31. The molecule has 1 unspecified atom stereocenters. The fraction of sp³-hybridized carbons (Fsp3) is 0.200. The summed E-state index contributed by atoms with van der Waals surface area (Å²) in [6, 6.07) is 13.4. The van der Waals surface area contributed by atoms with Crippen molar-refractivity contribution in [3.63, 3.8) is 0 Å². The van der Waals surface area contributed by atoms with Crippen molar-refractivity contribution >= 4 is 34.1 Å². The van der Waals surface area contributed by atoms with Gasteiger partial charge in [-0.15, -0.1) is 21.5 Å². The molecule has 0 fully saturated rings. The van der Waals surface area contributed by atoms with Crippen LogP contribution in [0.4, 0.5) is 5.13 Å². The second kappa shape index (κ2) is 8.22. The Kier molecular flexibility index (Phi) is 5.50. The summed E-state index contributed by atoms with van der Waals surface area (Å²) in [6.45, 7) is 5.75. The van der Waals surface area contributed by atoms with Gasteiger partial charge in [0.05, 0.1) is 17.2 Å². The van der Waals surface area contributed by atoms with Gasteiger partial charge in [-0.25, -0.2) is 4.98 Å². The number of para-hydroxylation sites is 1. The van der Waals surface area contributed by atoms with Gasteiger partial charge in [-0.05, 0) is 45.0 Å². The lowest BCUT2D eigenvalue weighted by Crippen LogP contribution is -2.22. The number of thioether (sulfide) groups is 1. The lowest BCUT2D eigenvalue weighted by Gasteiger charge is -2.12. The predicted octanol–water partition coefficient (Wildman–Crippen LogP) is 4.72. The lowest BCUT2D eigenvalue weighted by atomic mass is 10.3. The molecule has 0 saturated carbocycles. The van der Waals surface area contributed by atoms with Crippen LogP contribution in [0.1, 0.15) is 17.5 Å². The molecule has 148 valence electrons. The molecule has 3 heterocycles. The number of rotatable bonds is 6. The van der Waals surface area contributed by atoms with Crippen molar-refractivity contribution in [3.8, 4) is 17.3 Å². The fourth-order valence-corrected chi connectivity index (χ4v) is 4.35. The Morgan fingerprint density at radius 2 is 1.97 bits per heavy atom. The van der Waals surface area contributed by atoms with E-state index < -0.39 is 5.25 Å². The molecule has 1 N–H and O–H groups in total. The number of aromatic nitrogens is 4. The summed E-state index contributed by atoms with van der Waals surface area (Å²) in [5.41, 5.74) is 1.82. The van der Waals surface area contributed by atoms with Crippen LogP contribution in [0.3, 0.4) is 0 Å². The maximum atomic E-state index is 12.7. The van der Waals surface area contributed by atoms with E-state index in [9.17, 15) is 4.79 Å². The summed E-state index contributed by atoms with van der Waals surface area (Å²) in [7, 11) is 0. The third-order valence-corrected chi connectivity index (χ3v) is 6.33. The minimum absolute atomic E-state index is 0.133. The number of furan rings is 1. The lowest BCUT2D eigenvalue weighted by molar-refractivity contribution is -0.115. The van der Waals surface area contributed by atoms with E-state index in [1.807, 2.05) is 61.7 Å². The first-order valence-corrected chi connectivity index (χ1v) is 10.7. The molecule has 1 atom stereocenters. The number of nitrogens with zero attached hydrogens (tertiary/aromatic N) is 4. The zero-order chi connectivity index (χ0) is 20.4. The van der Waals surface area contributed by atoms with E-state index >= 15 is 0 Å². The van der Waals surface area contributed by atoms with Gasteiger partial charge in [0.25, 0.3) is 0 Å². The number of anilines is 1. The molecule has 3 aromatic heterocycles. The van der Waals surface area contributed by atoms with Crippen molar-refractivity contribution in [2.75, 3.05) is 5.32 Å². The first kappa shape index (κ1) is 19.4. The van der Waals surface area contributed by atoms with E-state index in [0.717, 1.165) is 16.3 Å². The van der Waals surface area contributed by atoms with Gasteiger partial charge in [0.15, 0.2) is 16.0 Å². The largest absolute Gasteiger partial charge is 0.461 e. The molecule has 4 rings (SSSR count). The predicted molar refractivity (Wildman–Crippen MR) is 115 cm³/mol. The summed E-state index contributed by atoms with van der Waals surface area (Å²) < 4.78 is 7.42. The van der Waals surface area contributed by atoms with Crippen molar-refractivity contribution in [1.82, 2.24) is 19.7 Å². The smallest absolute Gasteiger partial charge is 0.239 e. The number of thiazole rings is 1. The van der Waals surface area contributed by atoms with Gasteiger partial charge in [0, 0.05) is 10.6 Å². The molecule has 4 aromatic rings. The molecular weight excluding hydrogens is 406 g/mol. The molecule has 7 nitrogen and oxygen atoms in total. The number of aryl methyl sites for hydroxylation is 2. The average molecular weight is 426 g/mol. The molecule has 0 spiro atoms. The van der Waals surface area contributed by atoms with Crippen LogP contribution in [0, 0.1) is 13.8 Å². The summed E-state index contributed by atoms with van der Waals surface area (Å²) in [6.07, 6.45) is 1.60. The monoisotopic (exact) mass is 425 g/mol. The van der Waals surface area contributed by atoms with Gasteiger partial charge in [-0.3, -0.25) is 9.36 Å². The minimum Gasteiger partial charge on any atom is -0.461 e. The highest BCUT2D eigenvalue weighted by molar-refractivity contribution is 8.00. The highest BCUT2D eigenvalue weighted by Gasteiger charge is 2.23. The molecule has 0 bridgehead atoms. The summed E-state index contributed by atoms with van der Waals surface area (Å²) in [4.78, 5) is 18.1. The van der Waals surface area contributed by atoms with E-state index in [1.54, 1.807) is 12.3 Å². The Morgan fingerprint density at radius 3 is 2.62 bits per heavy atom. The maximum absolute atomic E-state index is 12.7. The quantitative estimate of drug-likeness (QED) is 0.450. The second-order valence-electron chi connectivity index (χ2n) is 6.36. The molecule has 1 aromatic carbocycles. The molecule has 29 heavy (non-hydrogen) atoms. The Morgan fingerprint density at radius 1 is 1.17 bits per heavy atom. The number of amides is 1. The summed E-state index contributed by atoms with van der Waals surface area (Å²) >= 11 is 2.80. The molecular formula is C20H19N5O2S2. The average Bonchev–Trinajstić information content (AvgIpc) is 3.43. The zero-order valence-electron chi connectivity index (χ0n) is 16.1. The molecule has 0 radical (unpaired) electrons. The first-order valence-electron chi connectivity index (χ1n) is 8.99. The van der Waals surface area contributed by atoms with Gasteiger partial charge in [0.1, 0.15) is 0 Å². The van der Waals surface area contributed by atoms with E-state index in [0.29, 0.717) is 21.9 Å². The molecule has 0 aliphatic carbocycles. The Balaban J connectivity index is 1.60. The Labute approximate surface area is 176 Å². The number of hydrogen-bond donors (Lipinski definition) is 1. The Bertz CT molecular complexity index is 1100. The molecule has 0 saturated heterocycles. The number of carbonyl (C=O) groups is 1. The van der Waals surface area contributed by atoms with Gasteiger partial charge < -0.3 is 9.73 Å². The SMILES string of the molecule is Cc1nc(NC(=O)C(C)Sc2nnc(-c3ccco3)n2-c2ccccc2)sc1C. The Hall–Kier alpha value is -2.91. The minimum atomic E-state index is -0.393.